The molecule has 7 nitrogen and oxygen atoms in total. The number of para-hydroxylation sites is 1. The number of nitro groups is 1. The Kier molecular flexibility index (Phi) is 5.35. The summed E-state index contributed by atoms with van der Waals surface area (Å²) in [6.45, 7) is 0.338. The highest BCUT2D eigenvalue weighted by atomic mass is 79.9. The van der Waals surface area contributed by atoms with Crippen molar-refractivity contribution >= 4 is 49.7 Å². The maximum absolute atomic E-state index is 11.2. The summed E-state index contributed by atoms with van der Waals surface area (Å²) in [6, 6.07) is 20.2. The van der Waals surface area contributed by atoms with E-state index in [4.69, 9.17) is 0 Å². The Hall–Kier alpha value is -3.52. The quantitative estimate of drug-likeness (QED) is 0.291. The standard InChI is InChI=1S/C21H16BrN5O2/c22-15-5-3-6-17(10-15)26-21-18-11-16(8-9-19(18)24-13-25-21)23-12-14-4-1-2-7-20(14)27(28)29/h1-11,13,23H,12H2,(H,24,25,26). The molecule has 0 atom stereocenters. The highest BCUT2D eigenvalue weighted by Gasteiger charge is 2.12. The van der Waals surface area contributed by atoms with E-state index in [9.17, 15) is 10.1 Å². The number of nitro benzene ring substituents is 1. The van der Waals surface area contributed by atoms with Gasteiger partial charge in [-0.1, -0.05) is 40.2 Å². The van der Waals surface area contributed by atoms with Gasteiger partial charge < -0.3 is 10.6 Å². The van der Waals surface area contributed by atoms with E-state index in [0.29, 0.717) is 17.9 Å². The van der Waals surface area contributed by atoms with Crippen molar-refractivity contribution in [3.63, 3.8) is 0 Å². The Balaban J connectivity index is 1.61. The summed E-state index contributed by atoms with van der Waals surface area (Å²) in [7, 11) is 0. The summed E-state index contributed by atoms with van der Waals surface area (Å²) in [4.78, 5) is 19.5. The zero-order chi connectivity index (χ0) is 20.2. The van der Waals surface area contributed by atoms with Crippen molar-refractivity contribution in [1.82, 2.24) is 9.97 Å². The Morgan fingerprint density at radius 2 is 1.83 bits per heavy atom. The number of rotatable bonds is 6. The first kappa shape index (κ1) is 18.8. The van der Waals surface area contributed by atoms with Gasteiger partial charge in [-0.2, -0.15) is 0 Å². The van der Waals surface area contributed by atoms with Gasteiger partial charge in [-0.25, -0.2) is 9.97 Å². The number of halogens is 1. The van der Waals surface area contributed by atoms with Crippen molar-refractivity contribution in [3.8, 4) is 0 Å². The average Bonchev–Trinajstić information content (AvgIpc) is 2.73. The minimum absolute atomic E-state index is 0.0983. The lowest BCUT2D eigenvalue weighted by Crippen LogP contribution is -2.03. The van der Waals surface area contributed by atoms with Gasteiger partial charge in [0.25, 0.3) is 5.69 Å². The lowest BCUT2D eigenvalue weighted by Gasteiger charge is -2.11. The van der Waals surface area contributed by atoms with Crippen LogP contribution < -0.4 is 10.6 Å². The molecule has 0 aliphatic rings. The molecule has 1 aromatic heterocycles. The third kappa shape index (κ3) is 4.33. The summed E-state index contributed by atoms with van der Waals surface area (Å²) in [5.41, 5.74) is 3.24. The molecule has 0 saturated carbocycles. The highest BCUT2D eigenvalue weighted by Crippen LogP contribution is 2.27. The molecular formula is C21H16BrN5O2. The van der Waals surface area contributed by atoms with E-state index < -0.39 is 0 Å². The third-order valence-electron chi connectivity index (χ3n) is 4.39. The zero-order valence-corrected chi connectivity index (χ0v) is 16.8. The van der Waals surface area contributed by atoms with E-state index in [1.807, 2.05) is 42.5 Å². The van der Waals surface area contributed by atoms with Crippen molar-refractivity contribution in [1.29, 1.82) is 0 Å². The fraction of sp³-hybridized carbons (Fsp3) is 0.0476. The van der Waals surface area contributed by atoms with Crippen LogP contribution in [0.15, 0.2) is 77.5 Å². The molecule has 4 aromatic rings. The minimum Gasteiger partial charge on any atom is -0.381 e. The van der Waals surface area contributed by atoms with Crippen molar-refractivity contribution in [2.45, 2.75) is 6.54 Å². The van der Waals surface area contributed by atoms with Crippen LogP contribution in [0.3, 0.4) is 0 Å². The van der Waals surface area contributed by atoms with Gasteiger partial charge in [0.1, 0.15) is 12.1 Å². The van der Waals surface area contributed by atoms with Crippen LogP contribution in [0.5, 0.6) is 0 Å². The van der Waals surface area contributed by atoms with Crippen LogP contribution >= 0.6 is 15.9 Å². The first-order chi connectivity index (χ1) is 14.1. The van der Waals surface area contributed by atoms with E-state index in [2.05, 4.69) is 36.5 Å². The summed E-state index contributed by atoms with van der Waals surface area (Å²) < 4.78 is 0.965. The number of hydrogen-bond donors (Lipinski definition) is 2. The summed E-state index contributed by atoms with van der Waals surface area (Å²) in [5.74, 6) is 0.683. The largest absolute Gasteiger partial charge is 0.381 e. The second kappa shape index (κ2) is 8.24. The zero-order valence-electron chi connectivity index (χ0n) is 15.2. The normalized spacial score (nSPS) is 10.7. The molecular weight excluding hydrogens is 434 g/mol. The molecule has 8 heteroatoms. The van der Waals surface area contributed by atoms with Crippen LogP contribution in [0.1, 0.15) is 5.56 Å². The van der Waals surface area contributed by atoms with Gasteiger partial charge in [0.2, 0.25) is 0 Å². The van der Waals surface area contributed by atoms with E-state index in [0.717, 1.165) is 26.8 Å². The second-order valence-corrected chi connectivity index (χ2v) is 7.24. The molecule has 29 heavy (non-hydrogen) atoms. The van der Waals surface area contributed by atoms with Crippen molar-refractivity contribution < 1.29 is 4.92 Å². The number of fused-ring (bicyclic) bond motifs is 1. The summed E-state index contributed by atoms with van der Waals surface area (Å²) >= 11 is 3.46. The monoisotopic (exact) mass is 449 g/mol. The smallest absolute Gasteiger partial charge is 0.274 e. The number of nitrogens with one attached hydrogen (secondary N) is 2. The number of anilines is 3. The first-order valence-corrected chi connectivity index (χ1v) is 9.63. The molecule has 1 heterocycles. The van der Waals surface area contributed by atoms with Gasteiger partial charge in [0.15, 0.2) is 0 Å². The number of benzene rings is 3. The maximum Gasteiger partial charge on any atom is 0.274 e. The van der Waals surface area contributed by atoms with Gasteiger partial charge in [-0.15, -0.1) is 0 Å². The van der Waals surface area contributed by atoms with Crippen molar-refractivity contribution in [3.05, 3.63) is 93.2 Å². The second-order valence-electron chi connectivity index (χ2n) is 6.33. The van der Waals surface area contributed by atoms with Crippen LogP contribution in [-0.4, -0.2) is 14.9 Å². The van der Waals surface area contributed by atoms with Crippen molar-refractivity contribution in [2.24, 2.45) is 0 Å². The van der Waals surface area contributed by atoms with Crippen LogP contribution in [0.25, 0.3) is 10.9 Å². The molecule has 0 saturated heterocycles. The predicted octanol–water partition coefficient (Wildman–Crippen LogP) is 5.66. The van der Waals surface area contributed by atoms with E-state index >= 15 is 0 Å². The van der Waals surface area contributed by atoms with Gasteiger partial charge in [0, 0.05) is 39.4 Å². The maximum atomic E-state index is 11.2. The third-order valence-corrected chi connectivity index (χ3v) is 4.89. The van der Waals surface area contributed by atoms with E-state index in [1.165, 1.54) is 12.4 Å². The molecule has 0 aliphatic carbocycles. The van der Waals surface area contributed by atoms with Gasteiger partial charge in [0.05, 0.1) is 10.4 Å². The number of aromatic nitrogens is 2. The van der Waals surface area contributed by atoms with E-state index in [1.54, 1.807) is 18.2 Å². The highest BCUT2D eigenvalue weighted by molar-refractivity contribution is 9.10. The summed E-state index contributed by atoms with van der Waals surface area (Å²) in [5, 5.41) is 18.6. The lowest BCUT2D eigenvalue weighted by molar-refractivity contribution is -0.385. The Labute approximate surface area is 175 Å². The molecule has 144 valence electrons. The first-order valence-electron chi connectivity index (χ1n) is 8.84. The number of nitrogens with zero attached hydrogens (tertiary/aromatic N) is 3. The molecule has 0 fully saturated rings. The summed E-state index contributed by atoms with van der Waals surface area (Å²) in [6.07, 6.45) is 1.52. The predicted molar refractivity (Wildman–Crippen MR) is 117 cm³/mol. The fourth-order valence-corrected chi connectivity index (χ4v) is 3.40. The van der Waals surface area contributed by atoms with Gasteiger partial charge in [-0.05, 0) is 36.4 Å². The van der Waals surface area contributed by atoms with Crippen LogP contribution in [0, 0.1) is 10.1 Å². The van der Waals surface area contributed by atoms with Crippen LogP contribution in [0.4, 0.5) is 22.9 Å². The Morgan fingerprint density at radius 3 is 2.66 bits per heavy atom. The topological polar surface area (TPSA) is 93.0 Å². The van der Waals surface area contributed by atoms with Crippen LogP contribution in [-0.2, 0) is 6.54 Å². The fourth-order valence-electron chi connectivity index (χ4n) is 3.00. The molecule has 0 amide bonds. The van der Waals surface area contributed by atoms with Gasteiger partial charge >= 0.3 is 0 Å². The molecule has 0 radical (unpaired) electrons. The molecule has 2 N–H and O–H groups in total. The molecule has 0 unspecified atom stereocenters. The van der Waals surface area contributed by atoms with Crippen molar-refractivity contribution in [2.75, 3.05) is 10.6 Å². The molecule has 0 aliphatic heterocycles. The molecule has 0 bridgehead atoms. The Bertz CT molecular complexity index is 1200. The van der Waals surface area contributed by atoms with E-state index in [-0.39, 0.29) is 10.6 Å². The molecule has 0 spiro atoms. The minimum atomic E-state index is -0.370. The van der Waals surface area contributed by atoms with Crippen LogP contribution in [0.2, 0.25) is 0 Å². The molecule has 4 rings (SSSR count). The Morgan fingerprint density at radius 1 is 0.966 bits per heavy atom. The average molecular weight is 450 g/mol. The SMILES string of the molecule is O=[N+]([O-])c1ccccc1CNc1ccc2ncnc(Nc3cccc(Br)c3)c2c1. The number of hydrogen-bond acceptors (Lipinski definition) is 6. The van der Waals surface area contributed by atoms with Gasteiger partial charge in [-0.3, -0.25) is 10.1 Å². The molecule has 3 aromatic carbocycles. The lowest BCUT2D eigenvalue weighted by atomic mass is 10.1.